The number of amides is 1. The highest BCUT2D eigenvalue weighted by atomic mass is 16.5. The monoisotopic (exact) mass is 330 g/mol. The Balaban J connectivity index is 1.86. The fourth-order valence-electron chi connectivity index (χ4n) is 2.70. The van der Waals surface area contributed by atoms with Gasteiger partial charge in [0.25, 0.3) is 0 Å². The van der Waals surface area contributed by atoms with Crippen molar-refractivity contribution in [2.75, 3.05) is 19.7 Å². The van der Waals surface area contributed by atoms with Crippen molar-refractivity contribution < 1.29 is 9.53 Å². The van der Waals surface area contributed by atoms with Crippen molar-refractivity contribution in [2.24, 2.45) is 5.41 Å². The van der Waals surface area contributed by atoms with Crippen LogP contribution in [0, 0.1) is 5.41 Å². The Morgan fingerprint density at radius 1 is 1.38 bits per heavy atom. The molecule has 1 aromatic carbocycles. The Labute approximate surface area is 145 Å². The second-order valence-electron chi connectivity index (χ2n) is 7.65. The quantitative estimate of drug-likeness (QED) is 0.844. The first-order valence-electron chi connectivity index (χ1n) is 8.71. The van der Waals surface area contributed by atoms with Crippen LogP contribution in [0.5, 0.6) is 0 Å². The summed E-state index contributed by atoms with van der Waals surface area (Å²) in [6.45, 7) is 12.6. The lowest BCUT2D eigenvalue weighted by atomic mass is 9.96. The van der Waals surface area contributed by atoms with Crippen LogP contribution < -0.4 is 5.32 Å². The van der Waals surface area contributed by atoms with Crippen molar-refractivity contribution in [3.8, 4) is 0 Å². The smallest absolute Gasteiger partial charge is 0.243 e. The number of morpholine rings is 1. The zero-order valence-electron chi connectivity index (χ0n) is 15.3. The van der Waals surface area contributed by atoms with Gasteiger partial charge >= 0.3 is 0 Å². The molecule has 1 aliphatic rings. The number of carbonyl (C=O) groups excluding carboxylic acids is 1. The average molecular weight is 330 g/mol. The van der Waals surface area contributed by atoms with Gasteiger partial charge in [0.15, 0.2) is 0 Å². The average Bonchev–Trinajstić information content (AvgIpc) is 2.51. The molecular formula is C20H30N2O2. The normalized spacial score (nSPS) is 19.6. The third kappa shape index (κ3) is 6.85. The van der Waals surface area contributed by atoms with Gasteiger partial charge in [0.1, 0.15) is 0 Å². The number of carbonyl (C=O) groups is 1. The van der Waals surface area contributed by atoms with E-state index in [-0.39, 0.29) is 11.3 Å². The Hall–Kier alpha value is -1.65. The lowest BCUT2D eigenvalue weighted by Crippen LogP contribution is -2.40. The Kier molecular flexibility index (Phi) is 6.58. The first-order valence-corrected chi connectivity index (χ1v) is 8.71. The van der Waals surface area contributed by atoms with Crippen molar-refractivity contribution in [3.05, 3.63) is 47.5 Å². The summed E-state index contributed by atoms with van der Waals surface area (Å²) in [5.41, 5.74) is 2.43. The van der Waals surface area contributed by atoms with Crippen LogP contribution in [-0.4, -0.2) is 36.6 Å². The fraction of sp³-hybridized carbons (Fsp3) is 0.550. The van der Waals surface area contributed by atoms with Gasteiger partial charge in [0.05, 0.1) is 12.7 Å². The largest absolute Gasteiger partial charge is 0.376 e. The molecule has 0 saturated carbocycles. The standard InChI is InChI=1S/C20H30N2O2/c1-16-14-22(10-11-24-16)15-18-7-5-6-17(12-18)13-21-19(23)8-9-20(2,3)4/h5-9,12,16H,10-11,13-15H2,1-4H3,(H,21,23). The summed E-state index contributed by atoms with van der Waals surface area (Å²) in [6, 6.07) is 8.43. The number of hydrogen-bond donors (Lipinski definition) is 1. The lowest BCUT2D eigenvalue weighted by molar-refractivity contribution is -0.116. The molecule has 1 atom stereocenters. The predicted molar refractivity (Wildman–Crippen MR) is 97.6 cm³/mol. The molecule has 2 rings (SSSR count). The zero-order valence-corrected chi connectivity index (χ0v) is 15.3. The molecule has 4 heteroatoms. The topological polar surface area (TPSA) is 41.6 Å². The minimum Gasteiger partial charge on any atom is -0.376 e. The van der Waals surface area contributed by atoms with E-state index in [2.05, 4.69) is 62.2 Å². The van der Waals surface area contributed by atoms with E-state index in [1.54, 1.807) is 6.08 Å². The van der Waals surface area contributed by atoms with Crippen molar-refractivity contribution in [1.29, 1.82) is 0 Å². The van der Waals surface area contributed by atoms with Crippen LogP contribution in [0.4, 0.5) is 0 Å². The van der Waals surface area contributed by atoms with Crippen molar-refractivity contribution in [1.82, 2.24) is 10.2 Å². The van der Waals surface area contributed by atoms with Crippen LogP contribution in [0.15, 0.2) is 36.4 Å². The van der Waals surface area contributed by atoms with Gasteiger partial charge in [-0.2, -0.15) is 0 Å². The second kappa shape index (κ2) is 8.45. The molecule has 1 aliphatic heterocycles. The van der Waals surface area contributed by atoms with E-state index in [0.717, 1.165) is 31.8 Å². The maximum Gasteiger partial charge on any atom is 0.243 e. The first-order chi connectivity index (χ1) is 11.3. The second-order valence-corrected chi connectivity index (χ2v) is 7.65. The van der Waals surface area contributed by atoms with Crippen LogP contribution >= 0.6 is 0 Å². The van der Waals surface area contributed by atoms with Crippen molar-refractivity contribution >= 4 is 5.91 Å². The highest BCUT2D eigenvalue weighted by Crippen LogP contribution is 2.14. The van der Waals surface area contributed by atoms with Gasteiger partial charge in [0, 0.05) is 26.2 Å². The molecule has 0 aliphatic carbocycles. The summed E-state index contributed by atoms with van der Waals surface area (Å²) in [7, 11) is 0. The summed E-state index contributed by atoms with van der Waals surface area (Å²) >= 11 is 0. The Morgan fingerprint density at radius 2 is 2.12 bits per heavy atom. The maximum atomic E-state index is 11.9. The SMILES string of the molecule is CC1CN(Cc2cccc(CNC(=O)C=CC(C)(C)C)c2)CCO1. The summed E-state index contributed by atoms with van der Waals surface area (Å²) < 4.78 is 5.59. The third-order valence-corrected chi connectivity index (χ3v) is 3.92. The summed E-state index contributed by atoms with van der Waals surface area (Å²) in [5, 5.41) is 2.95. The molecule has 1 unspecified atom stereocenters. The molecule has 0 spiro atoms. The van der Waals surface area contributed by atoms with E-state index in [1.807, 2.05) is 6.08 Å². The summed E-state index contributed by atoms with van der Waals surface area (Å²) in [6.07, 6.45) is 3.85. The molecule has 1 heterocycles. The Bertz CT molecular complexity index is 575. The number of nitrogens with zero attached hydrogens (tertiary/aromatic N) is 1. The third-order valence-electron chi connectivity index (χ3n) is 3.92. The van der Waals surface area contributed by atoms with E-state index in [0.29, 0.717) is 12.6 Å². The van der Waals surface area contributed by atoms with Crippen molar-refractivity contribution in [2.45, 2.75) is 46.9 Å². The van der Waals surface area contributed by atoms with Crippen LogP contribution in [0.1, 0.15) is 38.8 Å². The highest BCUT2D eigenvalue weighted by Gasteiger charge is 2.16. The lowest BCUT2D eigenvalue weighted by Gasteiger charge is -2.31. The van der Waals surface area contributed by atoms with E-state index < -0.39 is 0 Å². The Morgan fingerprint density at radius 3 is 2.83 bits per heavy atom. The summed E-state index contributed by atoms with van der Waals surface area (Å²) in [4.78, 5) is 14.3. The first kappa shape index (κ1) is 18.7. The number of allylic oxidation sites excluding steroid dienone is 1. The van der Waals surface area contributed by atoms with Gasteiger partial charge in [-0.05, 0) is 29.5 Å². The number of benzene rings is 1. The molecule has 0 bridgehead atoms. The van der Waals surface area contributed by atoms with Crippen LogP contribution in [-0.2, 0) is 22.6 Å². The number of rotatable bonds is 5. The molecule has 1 fully saturated rings. The van der Waals surface area contributed by atoms with Gasteiger partial charge in [-0.15, -0.1) is 0 Å². The van der Waals surface area contributed by atoms with E-state index in [9.17, 15) is 4.79 Å². The van der Waals surface area contributed by atoms with Gasteiger partial charge in [-0.25, -0.2) is 0 Å². The van der Waals surface area contributed by atoms with Gasteiger partial charge in [-0.1, -0.05) is 51.1 Å². The van der Waals surface area contributed by atoms with E-state index >= 15 is 0 Å². The minimum absolute atomic E-state index is 0.0204. The van der Waals surface area contributed by atoms with Crippen LogP contribution in [0.2, 0.25) is 0 Å². The van der Waals surface area contributed by atoms with Crippen molar-refractivity contribution in [3.63, 3.8) is 0 Å². The molecule has 1 N–H and O–H groups in total. The maximum absolute atomic E-state index is 11.9. The predicted octanol–water partition coefficient (Wildman–Crippen LogP) is 3.13. The molecular weight excluding hydrogens is 300 g/mol. The molecule has 1 amide bonds. The minimum atomic E-state index is -0.0441. The number of hydrogen-bond acceptors (Lipinski definition) is 3. The zero-order chi connectivity index (χ0) is 17.6. The molecule has 0 aromatic heterocycles. The number of nitrogens with one attached hydrogen (secondary N) is 1. The summed E-state index contributed by atoms with van der Waals surface area (Å²) in [5.74, 6) is -0.0441. The van der Waals surface area contributed by atoms with Gasteiger partial charge in [-0.3, -0.25) is 9.69 Å². The number of ether oxygens (including phenoxy) is 1. The van der Waals surface area contributed by atoms with Crippen LogP contribution in [0.25, 0.3) is 0 Å². The fourth-order valence-corrected chi connectivity index (χ4v) is 2.70. The molecule has 1 aromatic rings. The molecule has 0 radical (unpaired) electrons. The van der Waals surface area contributed by atoms with Crippen LogP contribution in [0.3, 0.4) is 0 Å². The molecule has 24 heavy (non-hydrogen) atoms. The molecule has 4 nitrogen and oxygen atoms in total. The molecule has 1 saturated heterocycles. The van der Waals surface area contributed by atoms with Gasteiger partial charge in [0.2, 0.25) is 5.91 Å². The van der Waals surface area contributed by atoms with E-state index in [1.165, 1.54) is 5.56 Å². The van der Waals surface area contributed by atoms with E-state index in [4.69, 9.17) is 4.74 Å². The molecule has 132 valence electrons. The highest BCUT2D eigenvalue weighted by molar-refractivity contribution is 5.87. The van der Waals surface area contributed by atoms with Gasteiger partial charge < -0.3 is 10.1 Å².